The Kier molecular flexibility index (Phi) is 4.96. The maximum atomic E-state index is 13.4. The number of ketones is 1. The molecule has 3 nitrogen and oxygen atoms in total. The van der Waals surface area contributed by atoms with Crippen LogP contribution in [0.15, 0.2) is 40.9 Å². The fourth-order valence-electron chi connectivity index (χ4n) is 1.89. The van der Waals surface area contributed by atoms with E-state index >= 15 is 0 Å². The van der Waals surface area contributed by atoms with Gasteiger partial charge in [-0.3, -0.25) is 4.79 Å². The van der Waals surface area contributed by atoms with Crippen LogP contribution in [0.4, 0.5) is 4.39 Å². The average molecular weight is 353 g/mol. The molecule has 0 aliphatic heterocycles. The van der Waals surface area contributed by atoms with E-state index < -0.39 is 5.82 Å². The molecule has 0 saturated carbocycles. The van der Waals surface area contributed by atoms with Gasteiger partial charge in [0.2, 0.25) is 0 Å². The molecule has 0 saturated heterocycles. The van der Waals surface area contributed by atoms with Gasteiger partial charge in [0.15, 0.2) is 17.3 Å². The third-order valence-corrected chi connectivity index (χ3v) is 3.57. The van der Waals surface area contributed by atoms with Crippen LogP contribution in [0.5, 0.6) is 11.5 Å². The molecule has 0 spiro atoms. The molecule has 0 aliphatic carbocycles. The monoisotopic (exact) mass is 352 g/mol. The lowest BCUT2D eigenvalue weighted by Crippen LogP contribution is -2.04. The van der Waals surface area contributed by atoms with Crippen molar-refractivity contribution >= 4 is 21.7 Å². The summed E-state index contributed by atoms with van der Waals surface area (Å²) in [4.78, 5) is 12.5. The summed E-state index contributed by atoms with van der Waals surface area (Å²) in [5.74, 6) is 0.00329. The molecule has 0 aromatic heterocycles. The molecule has 0 heterocycles. The van der Waals surface area contributed by atoms with Gasteiger partial charge in [-0.1, -0.05) is 0 Å². The molecule has 0 radical (unpaired) electrons. The first-order chi connectivity index (χ1) is 10.1. The van der Waals surface area contributed by atoms with Crippen LogP contribution < -0.4 is 9.47 Å². The van der Waals surface area contributed by atoms with E-state index in [0.717, 1.165) is 0 Å². The Hall–Kier alpha value is -1.88. The molecule has 0 atom stereocenters. The highest BCUT2D eigenvalue weighted by molar-refractivity contribution is 9.10. The van der Waals surface area contributed by atoms with E-state index in [1.165, 1.54) is 25.3 Å². The number of hydrogen-bond donors (Lipinski definition) is 0. The van der Waals surface area contributed by atoms with Crippen LogP contribution in [0.1, 0.15) is 22.8 Å². The maximum absolute atomic E-state index is 13.4. The summed E-state index contributed by atoms with van der Waals surface area (Å²) in [6.07, 6.45) is 0. The SMILES string of the molecule is CCOc1ccc(C(=O)c2ccc(F)c(OC)c2)c(Br)c1. The van der Waals surface area contributed by atoms with Gasteiger partial charge >= 0.3 is 0 Å². The Bertz CT molecular complexity index is 671. The number of benzene rings is 2. The predicted molar refractivity (Wildman–Crippen MR) is 81.7 cm³/mol. The normalized spacial score (nSPS) is 10.3. The summed E-state index contributed by atoms with van der Waals surface area (Å²) in [5.41, 5.74) is 0.838. The molecule has 0 fully saturated rings. The van der Waals surface area contributed by atoms with Crippen molar-refractivity contribution in [1.29, 1.82) is 0 Å². The molecular formula is C16H14BrFO3. The predicted octanol–water partition coefficient (Wildman–Crippen LogP) is 4.23. The summed E-state index contributed by atoms with van der Waals surface area (Å²) < 4.78 is 24.3. The second-order valence-electron chi connectivity index (χ2n) is 4.25. The Labute approximate surface area is 130 Å². The molecule has 21 heavy (non-hydrogen) atoms. The number of carbonyl (C=O) groups excluding carboxylic acids is 1. The van der Waals surface area contributed by atoms with Crippen molar-refractivity contribution in [3.05, 3.63) is 57.8 Å². The summed E-state index contributed by atoms with van der Waals surface area (Å²) in [7, 11) is 1.36. The van der Waals surface area contributed by atoms with Crippen molar-refractivity contribution in [2.45, 2.75) is 6.92 Å². The molecule has 110 valence electrons. The quantitative estimate of drug-likeness (QED) is 0.755. The van der Waals surface area contributed by atoms with Gasteiger partial charge in [-0.15, -0.1) is 0 Å². The largest absolute Gasteiger partial charge is 0.494 e. The standard InChI is InChI=1S/C16H14BrFO3/c1-3-21-11-5-6-12(13(17)9-11)16(19)10-4-7-14(18)15(8-10)20-2/h4-9H,3H2,1-2H3. The zero-order valence-corrected chi connectivity index (χ0v) is 13.2. The third kappa shape index (κ3) is 3.42. The van der Waals surface area contributed by atoms with Crippen LogP contribution in [0, 0.1) is 5.82 Å². The third-order valence-electron chi connectivity index (χ3n) is 2.91. The highest BCUT2D eigenvalue weighted by Crippen LogP contribution is 2.27. The summed E-state index contributed by atoms with van der Waals surface area (Å²) in [6, 6.07) is 9.17. The first-order valence-corrected chi connectivity index (χ1v) is 7.16. The summed E-state index contributed by atoms with van der Waals surface area (Å²) in [5, 5.41) is 0. The van der Waals surface area contributed by atoms with E-state index in [9.17, 15) is 9.18 Å². The topological polar surface area (TPSA) is 35.5 Å². The van der Waals surface area contributed by atoms with Gasteiger partial charge in [-0.2, -0.15) is 0 Å². The van der Waals surface area contributed by atoms with Crippen LogP contribution >= 0.6 is 15.9 Å². The molecule has 2 aromatic rings. The smallest absolute Gasteiger partial charge is 0.194 e. The van der Waals surface area contributed by atoms with Crippen molar-refractivity contribution < 1.29 is 18.7 Å². The van der Waals surface area contributed by atoms with Gasteiger partial charge in [0.25, 0.3) is 0 Å². The van der Waals surface area contributed by atoms with Crippen molar-refractivity contribution in [3.63, 3.8) is 0 Å². The van der Waals surface area contributed by atoms with Crippen LogP contribution in [0.3, 0.4) is 0 Å². The fraction of sp³-hybridized carbons (Fsp3) is 0.188. The number of hydrogen-bond acceptors (Lipinski definition) is 3. The Morgan fingerprint density at radius 1 is 1.24 bits per heavy atom. The van der Waals surface area contributed by atoms with Gasteiger partial charge in [0.1, 0.15) is 5.75 Å². The number of rotatable bonds is 5. The van der Waals surface area contributed by atoms with E-state index in [0.29, 0.717) is 28.0 Å². The van der Waals surface area contributed by atoms with E-state index in [4.69, 9.17) is 9.47 Å². The van der Waals surface area contributed by atoms with Crippen LogP contribution in [0.2, 0.25) is 0 Å². The highest BCUT2D eigenvalue weighted by atomic mass is 79.9. The number of halogens is 2. The molecule has 5 heteroatoms. The second kappa shape index (κ2) is 6.72. The first-order valence-electron chi connectivity index (χ1n) is 6.37. The van der Waals surface area contributed by atoms with Crippen LogP contribution in [-0.2, 0) is 0 Å². The molecule has 0 N–H and O–H groups in total. The molecular weight excluding hydrogens is 339 g/mol. The average Bonchev–Trinajstić information content (AvgIpc) is 2.47. The van der Waals surface area contributed by atoms with Crippen molar-refractivity contribution in [3.8, 4) is 11.5 Å². The number of methoxy groups -OCH3 is 1. The van der Waals surface area contributed by atoms with E-state index in [1.54, 1.807) is 18.2 Å². The minimum absolute atomic E-state index is 0.0444. The molecule has 0 aliphatic rings. The summed E-state index contributed by atoms with van der Waals surface area (Å²) >= 11 is 3.36. The number of ether oxygens (including phenoxy) is 2. The lowest BCUT2D eigenvalue weighted by atomic mass is 10.0. The fourth-order valence-corrected chi connectivity index (χ4v) is 2.43. The van der Waals surface area contributed by atoms with Crippen LogP contribution in [-0.4, -0.2) is 19.5 Å². The minimum atomic E-state index is -0.500. The lowest BCUT2D eigenvalue weighted by Gasteiger charge is -2.09. The molecule has 0 bridgehead atoms. The Morgan fingerprint density at radius 3 is 2.62 bits per heavy atom. The van der Waals surface area contributed by atoms with Crippen LogP contribution in [0.25, 0.3) is 0 Å². The van der Waals surface area contributed by atoms with Gasteiger partial charge in [0.05, 0.1) is 13.7 Å². The van der Waals surface area contributed by atoms with E-state index in [2.05, 4.69) is 15.9 Å². The zero-order chi connectivity index (χ0) is 15.4. The maximum Gasteiger partial charge on any atom is 0.194 e. The highest BCUT2D eigenvalue weighted by Gasteiger charge is 2.15. The second-order valence-corrected chi connectivity index (χ2v) is 5.11. The number of carbonyl (C=O) groups is 1. The van der Waals surface area contributed by atoms with Gasteiger partial charge in [-0.05, 0) is 59.3 Å². The lowest BCUT2D eigenvalue weighted by molar-refractivity contribution is 0.103. The molecule has 0 amide bonds. The van der Waals surface area contributed by atoms with Crippen molar-refractivity contribution in [2.75, 3.05) is 13.7 Å². The van der Waals surface area contributed by atoms with Gasteiger partial charge < -0.3 is 9.47 Å². The van der Waals surface area contributed by atoms with E-state index in [-0.39, 0.29) is 11.5 Å². The Balaban J connectivity index is 2.36. The molecule has 2 aromatic carbocycles. The molecule has 0 unspecified atom stereocenters. The van der Waals surface area contributed by atoms with Gasteiger partial charge in [0, 0.05) is 15.6 Å². The van der Waals surface area contributed by atoms with Crippen molar-refractivity contribution in [2.24, 2.45) is 0 Å². The van der Waals surface area contributed by atoms with Gasteiger partial charge in [-0.25, -0.2) is 4.39 Å². The first kappa shape index (κ1) is 15.5. The molecule has 2 rings (SSSR count). The van der Waals surface area contributed by atoms with E-state index in [1.807, 2.05) is 6.92 Å². The zero-order valence-electron chi connectivity index (χ0n) is 11.7. The Morgan fingerprint density at radius 2 is 2.00 bits per heavy atom. The van der Waals surface area contributed by atoms with Crippen molar-refractivity contribution in [1.82, 2.24) is 0 Å². The summed E-state index contributed by atoms with van der Waals surface area (Å²) in [6.45, 7) is 2.44. The minimum Gasteiger partial charge on any atom is -0.494 e.